The van der Waals surface area contributed by atoms with Crippen molar-refractivity contribution in [1.29, 1.82) is 0 Å². The first-order chi connectivity index (χ1) is 7.22. The van der Waals surface area contributed by atoms with E-state index in [1.54, 1.807) is 17.9 Å². The Morgan fingerprint density at radius 1 is 1.73 bits per heavy atom. The van der Waals surface area contributed by atoms with E-state index >= 15 is 0 Å². The van der Waals surface area contributed by atoms with E-state index in [-0.39, 0.29) is 6.61 Å². The van der Waals surface area contributed by atoms with E-state index in [0.29, 0.717) is 11.8 Å². The molecule has 84 valence electrons. The zero-order chi connectivity index (χ0) is 11.1. The lowest BCUT2D eigenvalue weighted by molar-refractivity contribution is 0.189. The highest BCUT2D eigenvalue weighted by Gasteiger charge is 2.14. The van der Waals surface area contributed by atoms with Crippen LogP contribution < -0.4 is 5.43 Å². The molecule has 1 rings (SSSR count). The summed E-state index contributed by atoms with van der Waals surface area (Å²) in [5, 5.41) is 1.89. The van der Waals surface area contributed by atoms with Crippen LogP contribution in [0.3, 0.4) is 0 Å². The summed E-state index contributed by atoms with van der Waals surface area (Å²) in [5.41, 5.74) is 3.09. The number of nitrogens with one attached hydrogen (secondary N) is 1. The number of hydrogen-bond donors (Lipinski definition) is 1. The molecule has 15 heavy (non-hydrogen) atoms. The Morgan fingerprint density at radius 3 is 3.20 bits per heavy atom. The molecule has 0 aromatic heterocycles. The van der Waals surface area contributed by atoms with Gasteiger partial charge in [-0.3, -0.25) is 5.43 Å². The monoisotopic (exact) mass is 228 g/mol. The molecular formula is C10H16N2O2S. The number of nitrogens with zero attached hydrogens (tertiary/aromatic N) is 1. The van der Waals surface area contributed by atoms with Gasteiger partial charge in [-0.15, -0.1) is 0 Å². The number of hydrazine groups is 1. The summed E-state index contributed by atoms with van der Waals surface area (Å²) in [6.07, 6.45) is 2.44. The largest absolute Gasteiger partial charge is 0.473 e. The molecule has 1 aliphatic rings. The average Bonchev–Trinajstić information content (AvgIpc) is 2.63. The van der Waals surface area contributed by atoms with Crippen molar-refractivity contribution >= 4 is 17.9 Å². The van der Waals surface area contributed by atoms with Gasteiger partial charge >= 0.3 is 0 Å². The predicted octanol–water partition coefficient (Wildman–Crippen LogP) is 1.70. The molecule has 0 saturated heterocycles. The van der Waals surface area contributed by atoms with Crippen LogP contribution in [0.15, 0.2) is 17.4 Å². The number of hydrogen-bond acceptors (Lipinski definition) is 5. The SMILES string of the molecule is CC(C)CCN1NC(OCC=C=O)=CS1. The molecule has 0 bridgehead atoms. The van der Waals surface area contributed by atoms with Crippen molar-refractivity contribution in [3.63, 3.8) is 0 Å². The van der Waals surface area contributed by atoms with E-state index < -0.39 is 0 Å². The van der Waals surface area contributed by atoms with Crippen molar-refractivity contribution in [2.24, 2.45) is 5.92 Å². The fraction of sp³-hybridized carbons (Fsp3) is 0.600. The van der Waals surface area contributed by atoms with Crippen molar-refractivity contribution < 1.29 is 9.53 Å². The lowest BCUT2D eigenvalue weighted by atomic mass is 10.1. The van der Waals surface area contributed by atoms with E-state index in [0.717, 1.165) is 13.0 Å². The minimum Gasteiger partial charge on any atom is -0.473 e. The van der Waals surface area contributed by atoms with Crippen molar-refractivity contribution in [2.45, 2.75) is 20.3 Å². The highest BCUT2D eigenvalue weighted by atomic mass is 32.2. The summed E-state index contributed by atoms with van der Waals surface area (Å²) in [6, 6.07) is 0. The summed E-state index contributed by atoms with van der Waals surface area (Å²) >= 11 is 1.57. The molecule has 0 aromatic rings. The normalized spacial score (nSPS) is 15.8. The fourth-order valence-electron chi connectivity index (χ4n) is 1.00. The summed E-state index contributed by atoms with van der Waals surface area (Å²) < 4.78 is 7.26. The maximum absolute atomic E-state index is 9.90. The molecule has 0 atom stereocenters. The van der Waals surface area contributed by atoms with Gasteiger partial charge in [0.2, 0.25) is 5.88 Å². The molecule has 0 spiro atoms. The minimum atomic E-state index is 0.265. The van der Waals surface area contributed by atoms with Gasteiger partial charge in [0.15, 0.2) is 0 Å². The standard InChI is InChI=1S/C10H16N2O2S/c1-9(2)4-5-12-11-10(8-15-12)14-7-3-6-13/h3,8-9,11H,4-5,7H2,1-2H3. The third-order valence-corrected chi connectivity index (χ3v) is 2.68. The van der Waals surface area contributed by atoms with Crippen molar-refractivity contribution in [1.82, 2.24) is 9.84 Å². The van der Waals surface area contributed by atoms with Gasteiger partial charge in [-0.1, -0.05) is 13.8 Å². The average molecular weight is 228 g/mol. The Hall–Kier alpha value is -0.900. The van der Waals surface area contributed by atoms with Crippen LogP contribution in [0.4, 0.5) is 0 Å². The lowest BCUT2D eigenvalue weighted by Gasteiger charge is -2.16. The molecule has 1 heterocycles. The van der Waals surface area contributed by atoms with Crippen LogP contribution in [-0.2, 0) is 9.53 Å². The molecule has 0 aromatic carbocycles. The van der Waals surface area contributed by atoms with Crippen LogP contribution in [0.2, 0.25) is 0 Å². The smallest absolute Gasteiger partial charge is 0.210 e. The first-order valence-corrected chi connectivity index (χ1v) is 5.79. The van der Waals surface area contributed by atoms with E-state index in [4.69, 9.17) is 4.74 Å². The second-order valence-corrected chi connectivity index (χ2v) is 4.50. The van der Waals surface area contributed by atoms with E-state index in [1.807, 2.05) is 9.82 Å². The Balaban J connectivity index is 2.16. The zero-order valence-corrected chi connectivity index (χ0v) is 9.84. The van der Waals surface area contributed by atoms with E-state index in [1.165, 1.54) is 6.08 Å². The van der Waals surface area contributed by atoms with Crippen LogP contribution in [-0.4, -0.2) is 23.5 Å². The van der Waals surface area contributed by atoms with Crippen LogP contribution in [0.25, 0.3) is 0 Å². The van der Waals surface area contributed by atoms with E-state index in [2.05, 4.69) is 19.3 Å². The second-order valence-electron chi connectivity index (χ2n) is 3.62. The molecule has 5 heteroatoms. The molecule has 1 aliphatic heterocycles. The summed E-state index contributed by atoms with van der Waals surface area (Å²) in [7, 11) is 0. The predicted molar refractivity (Wildman–Crippen MR) is 61.2 cm³/mol. The first-order valence-electron chi connectivity index (χ1n) is 4.95. The summed E-state index contributed by atoms with van der Waals surface area (Å²) in [5.74, 6) is 3.05. The van der Waals surface area contributed by atoms with Crippen LogP contribution in [0.5, 0.6) is 0 Å². The molecular weight excluding hydrogens is 212 g/mol. The van der Waals surface area contributed by atoms with Crippen LogP contribution in [0.1, 0.15) is 20.3 Å². The molecule has 0 saturated carbocycles. The third-order valence-electron chi connectivity index (χ3n) is 1.84. The maximum Gasteiger partial charge on any atom is 0.210 e. The van der Waals surface area contributed by atoms with Crippen molar-refractivity contribution in [3.05, 3.63) is 17.4 Å². The first kappa shape index (κ1) is 12.2. The summed E-state index contributed by atoms with van der Waals surface area (Å²) in [6.45, 7) is 5.62. The van der Waals surface area contributed by atoms with Gasteiger partial charge < -0.3 is 4.74 Å². The Kier molecular flexibility index (Phi) is 5.32. The van der Waals surface area contributed by atoms with Gasteiger partial charge in [-0.2, -0.15) is 4.41 Å². The molecule has 0 fully saturated rings. The van der Waals surface area contributed by atoms with Crippen molar-refractivity contribution in [2.75, 3.05) is 13.2 Å². The Labute approximate surface area is 94.5 Å². The lowest BCUT2D eigenvalue weighted by Crippen LogP contribution is -2.29. The third kappa shape index (κ3) is 4.93. The number of rotatable bonds is 6. The minimum absolute atomic E-state index is 0.265. The highest BCUT2D eigenvalue weighted by Crippen LogP contribution is 2.20. The van der Waals surface area contributed by atoms with Gasteiger partial charge in [0.1, 0.15) is 12.5 Å². The van der Waals surface area contributed by atoms with Gasteiger partial charge in [-0.25, -0.2) is 4.79 Å². The molecule has 1 N–H and O–H groups in total. The fourth-order valence-corrected chi connectivity index (χ4v) is 1.70. The molecule has 4 nitrogen and oxygen atoms in total. The number of ether oxygens (including phenoxy) is 1. The summed E-state index contributed by atoms with van der Waals surface area (Å²) in [4.78, 5) is 9.90. The molecule has 0 unspecified atom stereocenters. The van der Waals surface area contributed by atoms with Crippen LogP contribution >= 0.6 is 11.9 Å². The number of carbonyl (C=O) groups excluding carboxylic acids is 1. The molecule has 0 aliphatic carbocycles. The highest BCUT2D eigenvalue weighted by molar-refractivity contribution is 8.00. The van der Waals surface area contributed by atoms with Gasteiger partial charge in [0.25, 0.3) is 0 Å². The van der Waals surface area contributed by atoms with Crippen molar-refractivity contribution in [3.8, 4) is 0 Å². The van der Waals surface area contributed by atoms with E-state index in [9.17, 15) is 4.79 Å². The quantitative estimate of drug-likeness (QED) is 0.553. The maximum atomic E-state index is 9.90. The van der Waals surface area contributed by atoms with Gasteiger partial charge in [-0.05, 0) is 24.3 Å². The second kappa shape index (κ2) is 6.56. The van der Waals surface area contributed by atoms with Gasteiger partial charge in [0, 0.05) is 18.0 Å². The topological polar surface area (TPSA) is 41.6 Å². The Bertz CT molecular complexity index is 273. The Morgan fingerprint density at radius 2 is 2.53 bits per heavy atom. The van der Waals surface area contributed by atoms with Crippen LogP contribution in [0, 0.1) is 5.92 Å². The van der Waals surface area contributed by atoms with Gasteiger partial charge in [0.05, 0.1) is 0 Å². The molecule has 0 amide bonds. The zero-order valence-electron chi connectivity index (χ0n) is 9.03. The molecule has 0 radical (unpaired) electrons.